The van der Waals surface area contributed by atoms with Gasteiger partial charge in [-0.2, -0.15) is 4.98 Å². The van der Waals surface area contributed by atoms with Crippen LogP contribution in [0.5, 0.6) is 0 Å². The highest BCUT2D eigenvalue weighted by Crippen LogP contribution is 2.33. The van der Waals surface area contributed by atoms with Crippen LogP contribution in [0.4, 0.5) is 5.69 Å². The van der Waals surface area contributed by atoms with E-state index in [2.05, 4.69) is 10.1 Å². The molecule has 1 N–H and O–H groups in total. The van der Waals surface area contributed by atoms with Gasteiger partial charge >= 0.3 is 0 Å². The van der Waals surface area contributed by atoms with Gasteiger partial charge in [0.25, 0.3) is 5.69 Å². The first-order valence-corrected chi connectivity index (χ1v) is 6.91. The molecule has 0 saturated heterocycles. The Labute approximate surface area is 120 Å². The number of rotatable bonds is 3. The molecule has 2 unspecified atom stereocenters. The number of aromatic nitrogens is 2. The van der Waals surface area contributed by atoms with E-state index in [1.807, 2.05) is 0 Å². The molecular weight excluding hydrogens is 274 g/mol. The summed E-state index contributed by atoms with van der Waals surface area (Å²) in [6.07, 6.45) is 3.20. The molecule has 0 radical (unpaired) electrons. The van der Waals surface area contributed by atoms with Crippen LogP contribution in [-0.2, 0) is 0 Å². The molecule has 3 rings (SSSR count). The second-order valence-corrected chi connectivity index (χ2v) is 5.22. The van der Waals surface area contributed by atoms with Gasteiger partial charge < -0.3 is 9.63 Å². The van der Waals surface area contributed by atoms with Crippen molar-refractivity contribution in [3.8, 4) is 11.4 Å². The van der Waals surface area contributed by atoms with Crippen LogP contribution in [0.3, 0.4) is 0 Å². The van der Waals surface area contributed by atoms with E-state index in [0.29, 0.717) is 17.3 Å². The number of aliphatic hydroxyl groups excluding tert-OH is 1. The highest BCUT2D eigenvalue weighted by molar-refractivity contribution is 5.56. The molecule has 1 fully saturated rings. The molecule has 110 valence electrons. The average Bonchev–Trinajstić information content (AvgIpc) is 2.97. The molecule has 0 aliphatic heterocycles. The number of nitro benzene ring substituents is 1. The van der Waals surface area contributed by atoms with Crippen molar-refractivity contribution < 1.29 is 14.6 Å². The molecule has 0 spiro atoms. The fourth-order valence-electron chi connectivity index (χ4n) is 2.63. The monoisotopic (exact) mass is 289 g/mol. The normalized spacial score (nSPS) is 22.1. The number of hydrogen-bond donors (Lipinski definition) is 1. The van der Waals surface area contributed by atoms with Gasteiger partial charge in [-0.3, -0.25) is 10.1 Å². The topological polar surface area (TPSA) is 102 Å². The quantitative estimate of drug-likeness (QED) is 0.688. The van der Waals surface area contributed by atoms with Crippen LogP contribution in [0.2, 0.25) is 0 Å². The molecule has 2 atom stereocenters. The van der Waals surface area contributed by atoms with Gasteiger partial charge in [0.2, 0.25) is 11.7 Å². The Morgan fingerprint density at radius 2 is 1.95 bits per heavy atom. The van der Waals surface area contributed by atoms with E-state index in [4.69, 9.17) is 4.52 Å². The molecule has 21 heavy (non-hydrogen) atoms. The van der Waals surface area contributed by atoms with Gasteiger partial charge in [-0.15, -0.1) is 0 Å². The summed E-state index contributed by atoms with van der Waals surface area (Å²) in [6, 6.07) is 5.98. The fourth-order valence-corrected chi connectivity index (χ4v) is 2.63. The van der Waals surface area contributed by atoms with E-state index in [-0.39, 0.29) is 11.6 Å². The third-order valence-corrected chi connectivity index (χ3v) is 3.82. The maximum absolute atomic E-state index is 10.6. The summed E-state index contributed by atoms with van der Waals surface area (Å²) in [5.41, 5.74) is 0.672. The summed E-state index contributed by atoms with van der Waals surface area (Å²) in [7, 11) is 0. The highest BCUT2D eigenvalue weighted by atomic mass is 16.6. The molecule has 1 aromatic carbocycles. The maximum atomic E-state index is 10.6. The summed E-state index contributed by atoms with van der Waals surface area (Å²) in [6.45, 7) is 0. The van der Waals surface area contributed by atoms with Crippen molar-refractivity contribution in [2.24, 2.45) is 0 Å². The number of nitrogens with zero attached hydrogens (tertiary/aromatic N) is 3. The molecule has 2 aromatic rings. The lowest BCUT2D eigenvalue weighted by atomic mass is 9.86. The Morgan fingerprint density at radius 3 is 2.62 bits per heavy atom. The average molecular weight is 289 g/mol. The lowest BCUT2D eigenvalue weighted by Gasteiger charge is -2.24. The zero-order valence-corrected chi connectivity index (χ0v) is 11.3. The first kappa shape index (κ1) is 13.7. The molecule has 1 aliphatic carbocycles. The largest absolute Gasteiger partial charge is 0.392 e. The minimum Gasteiger partial charge on any atom is -0.392 e. The van der Waals surface area contributed by atoms with Crippen LogP contribution in [0.1, 0.15) is 37.5 Å². The smallest absolute Gasteiger partial charge is 0.269 e. The van der Waals surface area contributed by atoms with Crippen LogP contribution in [-0.4, -0.2) is 26.3 Å². The standard InChI is InChI=1S/C14H15N3O4/c18-12-4-2-1-3-11(12)14-15-13(16-21-14)9-5-7-10(8-6-9)17(19)20/h5-8,11-12,18H,1-4H2. The van der Waals surface area contributed by atoms with Crippen molar-refractivity contribution in [3.05, 3.63) is 40.3 Å². The molecule has 7 nitrogen and oxygen atoms in total. The van der Waals surface area contributed by atoms with Crippen LogP contribution in [0.15, 0.2) is 28.8 Å². The van der Waals surface area contributed by atoms with E-state index in [9.17, 15) is 15.2 Å². The lowest BCUT2D eigenvalue weighted by Crippen LogP contribution is -2.22. The first-order chi connectivity index (χ1) is 10.1. The van der Waals surface area contributed by atoms with Gasteiger partial charge in [0, 0.05) is 17.7 Å². The Kier molecular flexibility index (Phi) is 3.66. The molecule has 0 amide bonds. The van der Waals surface area contributed by atoms with Crippen LogP contribution >= 0.6 is 0 Å². The van der Waals surface area contributed by atoms with E-state index in [1.165, 1.54) is 12.1 Å². The number of nitro groups is 1. The molecule has 1 heterocycles. The van der Waals surface area contributed by atoms with Gasteiger partial charge in [-0.25, -0.2) is 0 Å². The third-order valence-electron chi connectivity index (χ3n) is 3.82. The number of benzene rings is 1. The van der Waals surface area contributed by atoms with Gasteiger partial charge in [0.05, 0.1) is 16.9 Å². The van der Waals surface area contributed by atoms with Crippen molar-refractivity contribution in [2.75, 3.05) is 0 Å². The number of non-ortho nitro benzene ring substituents is 1. The SMILES string of the molecule is O=[N+]([O-])c1ccc(-c2noc(C3CCCCC3O)n2)cc1. The van der Waals surface area contributed by atoms with E-state index in [1.54, 1.807) is 12.1 Å². The van der Waals surface area contributed by atoms with Gasteiger partial charge in [-0.05, 0) is 25.0 Å². The predicted molar refractivity (Wildman–Crippen MR) is 73.6 cm³/mol. The van der Waals surface area contributed by atoms with Crippen molar-refractivity contribution in [1.29, 1.82) is 0 Å². The summed E-state index contributed by atoms with van der Waals surface area (Å²) in [4.78, 5) is 14.5. The molecule has 1 aliphatic rings. The Hall–Kier alpha value is -2.28. The number of hydrogen-bond acceptors (Lipinski definition) is 6. The first-order valence-electron chi connectivity index (χ1n) is 6.91. The molecule has 1 aromatic heterocycles. The van der Waals surface area contributed by atoms with E-state index >= 15 is 0 Å². The number of aliphatic hydroxyl groups is 1. The Bertz CT molecular complexity index is 638. The second-order valence-electron chi connectivity index (χ2n) is 5.22. The summed E-state index contributed by atoms with van der Waals surface area (Å²) >= 11 is 0. The Balaban J connectivity index is 1.82. The van der Waals surface area contributed by atoms with Crippen LogP contribution in [0, 0.1) is 10.1 Å². The van der Waals surface area contributed by atoms with Gasteiger partial charge in [-0.1, -0.05) is 18.0 Å². The van der Waals surface area contributed by atoms with E-state index in [0.717, 1.165) is 25.7 Å². The van der Waals surface area contributed by atoms with Crippen molar-refractivity contribution in [3.63, 3.8) is 0 Å². The molecule has 1 saturated carbocycles. The van der Waals surface area contributed by atoms with Crippen LogP contribution < -0.4 is 0 Å². The van der Waals surface area contributed by atoms with Crippen LogP contribution in [0.25, 0.3) is 11.4 Å². The van der Waals surface area contributed by atoms with Crippen molar-refractivity contribution >= 4 is 5.69 Å². The Morgan fingerprint density at radius 1 is 1.24 bits per heavy atom. The third kappa shape index (κ3) is 2.78. The maximum Gasteiger partial charge on any atom is 0.269 e. The summed E-state index contributed by atoms with van der Waals surface area (Å²) in [5.74, 6) is 0.714. The molecule has 7 heteroatoms. The lowest BCUT2D eigenvalue weighted by molar-refractivity contribution is -0.384. The molecule has 0 bridgehead atoms. The van der Waals surface area contributed by atoms with Crippen molar-refractivity contribution in [1.82, 2.24) is 10.1 Å². The minimum atomic E-state index is -0.455. The van der Waals surface area contributed by atoms with Crippen molar-refractivity contribution in [2.45, 2.75) is 37.7 Å². The summed E-state index contributed by atoms with van der Waals surface area (Å²) < 4.78 is 5.25. The highest BCUT2D eigenvalue weighted by Gasteiger charge is 2.29. The molecular formula is C14H15N3O4. The second kappa shape index (κ2) is 5.61. The van der Waals surface area contributed by atoms with Gasteiger partial charge in [0.1, 0.15) is 0 Å². The minimum absolute atomic E-state index is 0.0187. The zero-order valence-electron chi connectivity index (χ0n) is 11.3. The predicted octanol–water partition coefficient (Wildman–Crippen LogP) is 2.66. The summed E-state index contributed by atoms with van der Waals surface area (Å²) in [5, 5.41) is 24.5. The van der Waals surface area contributed by atoms with Gasteiger partial charge in [0.15, 0.2) is 0 Å². The zero-order chi connectivity index (χ0) is 14.8. The van der Waals surface area contributed by atoms with E-state index < -0.39 is 11.0 Å². The fraction of sp³-hybridized carbons (Fsp3) is 0.429.